The van der Waals surface area contributed by atoms with Crippen molar-refractivity contribution >= 4 is 5.91 Å². The van der Waals surface area contributed by atoms with Crippen LogP contribution < -0.4 is 5.32 Å². The molecule has 2 aliphatic rings. The second kappa shape index (κ2) is 7.85. The Hall–Kier alpha value is -1.43. The van der Waals surface area contributed by atoms with Crippen LogP contribution >= 0.6 is 0 Å². The molecule has 0 saturated carbocycles. The van der Waals surface area contributed by atoms with Gasteiger partial charge in [-0.3, -0.25) is 9.69 Å². The average Bonchev–Trinajstić information content (AvgIpc) is 2.60. The smallest absolute Gasteiger partial charge is 0.234 e. The Morgan fingerprint density at radius 1 is 1.20 bits per heavy atom. The lowest BCUT2D eigenvalue weighted by molar-refractivity contribution is -0.283. The largest absolute Gasteiger partial charge is 0.350 e. The standard InChI is InChI=1S/C20H30N2O3/c1-15-5-6-18(13-16(15)2)17(3)21-19(23)14-22-9-7-20(8-10-22)24-11-4-12-25-20/h5-6,13,17H,4,7-12,14H2,1-3H3,(H,21,23). The molecule has 2 fully saturated rings. The van der Waals surface area contributed by atoms with Gasteiger partial charge in [0.2, 0.25) is 5.91 Å². The second-order valence-electron chi connectivity index (χ2n) is 7.37. The number of carbonyl (C=O) groups is 1. The van der Waals surface area contributed by atoms with Crippen LogP contribution in [0.2, 0.25) is 0 Å². The summed E-state index contributed by atoms with van der Waals surface area (Å²) in [6.45, 7) is 9.93. The highest BCUT2D eigenvalue weighted by Gasteiger charge is 2.38. The molecule has 5 heteroatoms. The number of aryl methyl sites for hydroxylation is 2. The van der Waals surface area contributed by atoms with Gasteiger partial charge >= 0.3 is 0 Å². The summed E-state index contributed by atoms with van der Waals surface area (Å²) in [6.07, 6.45) is 2.66. The number of hydrogen-bond donors (Lipinski definition) is 1. The molecule has 2 heterocycles. The molecule has 1 atom stereocenters. The second-order valence-corrected chi connectivity index (χ2v) is 7.37. The first-order valence-electron chi connectivity index (χ1n) is 9.34. The Balaban J connectivity index is 1.47. The molecule has 25 heavy (non-hydrogen) atoms. The van der Waals surface area contributed by atoms with Gasteiger partial charge in [0, 0.05) is 25.9 Å². The summed E-state index contributed by atoms with van der Waals surface area (Å²) in [4.78, 5) is 14.6. The molecule has 5 nitrogen and oxygen atoms in total. The maximum Gasteiger partial charge on any atom is 0.234 e. The summed E-state index contributed by atoms with van der Waals surface area (Å²) < 4.78 is 11.7. The molecule has 0 bridgehead atoms. The van der Waals surface area contributed by atoms with Crippen molar-refractivity contribution < 1.29 is 14.3 Å². The highest BCUT2D eigenvalue weighted by atomic mass is 16.7. The highest BCUT2D eigenvalue weighted by molar-refractivity contribution is 5.78. The van der Waals surface area contributed by atoms with Crippen molar-refractivity contribution in [2.24, 2.45) is 0 Å². The fourth-order valence-electron chi connectivity index (χ4n) is 3.56. The van der Waals surface area contributed by atoms with Gasteiger partial charge in [-0.05, 0) is 43.9 Å². The minimum absolute atomic E-state index is 0.0212. The zero-order valence-electron chi connectivity index (χ0n) is 15.6. The molecule has 0 radical (unpaired) electrons. The van der Waals surface area contributed by atoms with E-state index in [1.54, 1.807) is 0 Å². The lowest BCUT2D eigenvalue weighted by Crippen LogP contribution is -2.51. The number of nitrogens with one attached hydrogen (secondary N) is 1. The minimum Gasteiger partial charge on any atom is -0.350 e. The maximum absolute atomic E-state index is 12.4. The van der Waals surface area contributed by atoms with Gasteiger partial charge in [-0.1, -0.05) is 18.2 Å². The number of piperidine rings is 1. The third-order valence-corrected chi connectivity index (χ3v) is 5.41. The summed E-state index contributed by atoms with van der Waals surface area (Å²) >= 11 is 0. The van der Waals surface area contributed by atoms with Crippen molar-refractivity contribution in [3.8, 4) is 0 Å². The van der Waals surface area contributed by atoms with Crippen LogP contribution in [0.15, 0.2) is 18.2 Å². The normalized spacial score (nSPS) is 21.9. The summed E-state index contributed by atoms with van der Waals surface area (Å²) in [5, 5.41) is 3.12. The van der Waals surface area contributed by atoms with Gasteiger partial charge in [-0.15, -0.1) is 0 Å². The van der Waals surface area contributed by atoms with E-state index in [0.717, 1.165) is 51.1 Å². The molecule has 2 aliphatic heterocycles. The lowest BCUT2D eigenvalue weighted by atomic mass is 10.0. The van der Waals surface area contributed by atoms with Crippen LogP contribution in [-0.2, 0) is 14.3 Å². The van der Waals surface area contributed by atoms with Crippen molar-refractivity contribution in [3.05, 3.63) is 34.9 Å². The minimum atomic E-state index is -0.391. The van der Waals surface area contributed by atoms with Gasteiger partial charge in [-0.25, -0.2) is 0 Å². The Bertz CT molecular complexity index is 601. The SMILES string of the molecule is Cc1ccc(C(C)NC(=O)CN2CCC3(CC2)OCCCO3)cc1C. The van der Waals surface area contributed by atoms with E-state index >= 15 is 0 Å². The molecular weight excluding hydrogens is 316 g/mol. The van der Waals surface area contributed by atoms with E-state index in [-0.39, 0.29) is 11.9 Å². The van der Waals surface area contributed by atoms with Crippen LogP contribution in [0, 0.1) is 13.8 Å². The van der Waals surface area contributed by atoms with Crippen molar-refractivity contribution in [1.82, 2.24) is 10.2 Å². The summed E-state index contributed by atoms with van der Waals surface area (Å²) in [7, 11) is 0. The molecule has 1 amide bonds. The Morgan fingerprint density at radius 2 is 1.88 bits per heavy atom. The fraction of sp³-hybridized carbons (Fsp3) is 0.650. The molecule has 3 rings (SSSR count). The summed E-state index contributed by atoms with van der Waals surface area (Å²) in [5.74, 6) is -0.315. The van der Waals surface area contributed by atoms with E-state index in [2.05, 4.69) is 42.3 Å². The van der Waals surface area contributed by atoms with Gasteiger partial charge < -0.3 is 14.8 Å². The van der Waals surface area contributed by atoms with E-state index in [9.17, 15) is 4.79 Å². The van der Waals surface area contributed by atoms with E-state index < -0.39 is 5.79 Å². The van der Waals surface area contributed by atoms with Crippen molar-refractivity contribution in [2.45, 2.75) is 51.9 Å². The zero-order chi connectivity index (χ0) is 17.9. The highest BCUT2D eigenvalue weighted by Crippen LogP contribution is 2.30. The van der Waals surface area contributed by atoms with E-state index in [1.807, 2.05) is 6.92 Å². The number of ether oxygens (including phenoxy) is 2. The van der Waals surface area contributed by atoms with E-state index in [1.165, 1.54) is 11.1 Å². The molecule has 138 valence electrons. The number of rotatable bonds is 4. The maximum atomic E-state index is 12.4. The number of amides is 1. The lowest BCUT2D eigenvalue weighted by Gasteiger charge is -2.43. The predicted molar refractivity (Wildman–Crippen MR) is 97.4 cm³/mol. The van der Waals surface area contributed by atoms with Crippen LogP contribution in [-0.4, -0.2) is 49.4 Å². The van der Waals surface area contributed by atoms with Gasteiger partial charge in [0.25, 0.3) is 0 Å². The first-order chi connectivity index (χ1) is 12.0. The van der Waals surface area contributed by atoms with Gasteiger partial charge in [0.05, 0.1) is 25.8 Å². The topological polar surface area (TPSA) is 50.8 Å². The molecule has 0 aromatic heterocycles. The third-order valence-electron chi connectivity index (χ3n) is 5.41. The Labute approximate surface area is 150 Å². The number of hydrogen-bond acceptors (Lipinski definition) is 4. The van der Waals surface area contributed by atoms with Gasteiger partial charge in [-0.2, -0.15) is 0 Å². The van der Waals surface area contributed by atoms with Crippen LogP contribution in [0.1, 0.15) is 48.9 Å². The fourth-order valence-corrected chi connectivity index (χ4v) is 3.56. The van der Waals surface area contributed by atoms with Crippen LogP contribution in [0.25, 0.3) is 0 Å². The molecule has 1 unspecified atom stereocenters. The van der Waals surface area contributed by atoms with Crippen molar-refractivity contribution in [3.63, 3.8) is 0 Å². The number of benzene rings is 1. The van der Waals surface area contributed by atoms with Gasteiger partial charge in [0.15, 0.2) is 5.79 Å². The molecule has 1 N–H and O–H groups in total. The number of nitrogens with zero attached hydrogens (tertiary/aromatic N) is 1. The Kier molecular flexibility index (Phi) is 5.77. The van der Waals surface area contributed by atoms with E-state index in [4.69, 9.17) is 9.47 Å². The molecule has 1 aromatic rings. The quantitative estimate of drug-likeness (QED) is 0.911. The van der Waals surface area contributed by atoms with E-state index in [0.29, 0.717) is 6.54 Å². The molecular formula is C20H30N2O3. The first-order valence-corrected chi connectivity index (χ1v) is 9.34. The van der Waals surface area contributed by atoms with Crippen molar-refractivity contribution in [2.75, 3.05) is 32.8 Å². The molecule has 1 spiro atoms. The first kappa shape index (κ1) is 18.4. The van der Waals surface area contributed by atoms with Crippen LogP contribution in [0.5, 0.6) is 0 Å². The molecule has 2 saturated heterocycles. The van der Waals surface area contributed by atoms with Crippen LogP contribution in [0.3, 0.4) is 0 Å². The van der Waals surface area contributed by atoms with Crippen LogP contribution in [0.4, 0.5) is 0 Å². The third kappa shape index (κ3) is 4.60. The molecule has 0 aliphatic carbocycles. The Morgan fingerprint density at radius 3 is 2.52 bits per heavy atom. The van der Waals surface area contributed by atoms with Gasteiger partial charge in [0.1, 0.15) is 0 Å². The van der Waals surface area contributed by atoms with Crippen molar-refractivity contribution in [1.29, 1.82) is 0 Å². The average molecular weight is 346 g/mol. The number of likely N-dealkylation sites (tertiary alicyclic amines) is 1. The summed E-state index contributed by atoms with van der Waals surface area (Å²) in [6, 6.07) is 6.38. The predicted octanol–water partition coefficient (Wildman–Crippen LogP) is 2.71. The zero-order valence-corrected chi connectivity index (χ0v) is 15.6. The number of carbonyl (C=O) groups excluding carboxylic acids is 1. The molecule has 1 aromatic carbocycles. The monoisotopic (exact) mass is 346 g/mol. The summed E-state index contributed by atoms with van der Waals surface area (Å²) in [5.41, 5.74) is 3.68.